The fourth-order valence-corrected chi connectivity index (χ4v) is 1.54. The van der Waals surface area contributed by atoms with Crippen LogP contribution in [0.25, 0.3) is 0 Å². The summed E-state index contributed by atoms with van der Waals surface area (Å²) in [6.07, 6.45) is 1.38. The number of hydrogen-bond donors (Lipinski definition) is 3. The Morgan fingerprint density at radius 1 is 1.53 bits per heavy atom. The molecule has 1 unspecified atom stereocenters. The number of amides is 1. The van der Waals surface area contributed by atoms with Crippen LogP contribution in [0.15, 0.2) is 16.7 Å². The van der Waals surface area contributed by atoms with E-state index in [-0.39, 0.29) is 0 Å². The molecule has 0 saturated carbocycles. The van der Waals surface area contributed by atoms with Gasteiger partial charge in [-0.3, -0.25) is 4.79 Å². The van der Waals surface area contributed by atoms with Crippen molar-refractivity contribution >= 4 is 24.5 Å². The van der Waals surface area contributed by atoms with Gasteiger partial charge in [-0.25, -0.2) is 4.79 Å². The minimum atomic E-state index is -1.13. The maximum Gasteiger partial charge on any atom is 0.327 e. The number of carboxylic acid groups (broad SMARTS) is 1. The number of thiol groups is 1. The van der Waals surface area contributed by atoms with E-state index in [2.05, 4.69) is 17.9 Å². The number of carbonyl (C=O) groups excluding carboxylic acids is 1. The van der Waals surface area contributed by atoms with E-state index in [4.69, 9.17) is 9.52 Å². The standard InChI is InChI=1S/C11H15NO4S/c1-6-7(4-5-16-6)9(13)12-8(10(14)15)11(2,3)17/h4-5,8,17H,1-3H3,(H,12,13)(H,14,15). The zero-order valence-corrected chi connectivity index (χ0v) is 10.7. The van der Waals surface area contributed by atoms with E-state index >= 15 is 0 Å². The van der Waals surface area contributed by atoms with Crippen LogP contribution in [-0.2, 0) is 4.79 Å². The molecule has 6 heteroatoms. The van der Waals surface area contributed by atoms with Gasteiger partial charge in [0, 0.05) is 4.75 Å². The van der Waals surface area contributed by atoms with Crippen molar-refractivity contribution in [2.45, 2.75) is 31.6 Å². The lowest BCUT2D eigenvalue weighted by atomic mass is 10.0. The summed E-state index contributed by atoms with van der Waals surface area (Å²) in [6, 6.07) is 0.419. The monoisotopic (exact) mass is 257 g/mol. The van der Waals surface area contributed by atoms with E-state index in [1.165, 1.54) is 12.3 Å². The van der Waals surface area contributed by atoms with Gasteiger partial charge in [-0.1, -0.05) is 0 Å². The number of furan rings is 1. The van der Waals surface area contributed by atoms with Crippen LogP contribution < -0.4 is 5.32 Å². The first-order valence-electron chi connectivity index (χ1n) is 5.03. The summed E-state index contributed by atoms with van der Waals surface area (Å²) < 4.78 is 4.12. The molecule has 0 aliphatic heterocycles. The number of carboxylic acids is 1. The second-order valence-corrected chi connectivity index (χ2v) is 5.44. The number of nitrogens with one attached hydrogen (secondary N) is 1. The van der Waals surface area contributed by atoms with Gasteiger partial charge in [0.1, 0.15) is 11.8 Å². The Hall–Kier alpha value is -1.43. The number of carbonyl (C=O) groups is 2. The molecule has 2 N–H and O–H groups in total. The molecular formula is C11H15NO4S. The SMILES string of the molecule is Cc1occc1C(=O)NC(C(=O)O)C(C)(C)S. The summed E-state index contributed by atoms with van der Waals surface area (Å²) in [4.78, 5) is 22.9. The molecule has 1 aromatic heterocycles. The summed E-state index contributed by atoms with van der Waals surface area (Å²) in [6.45, 7) is 4.88. The highest BCUT2D eigenvalue weighted by molar-refractivity contribution is 7.81. The van der Waals surface area contributed by atoms with Crippen LogP contribution in [0.4, 0.5) is 0 Å². The molecule has 0 saturated heterocycles. The molecule has 17 heavy (non-hydrogen) atoms. The Morgan fingerprint density at radius 3 is 2.47 bits per heavy atom. The number of hydrogen-bond acceptors (Lipinski definition) is 4. The molecule has 1 amide bonds. The molecule has 0 aliphatic rings. The predicted octanol–water partition coefficient (Wildman–Crippen LogP) is 1.48. The summed E-state index contributed by atoms with van der Waals surface area (Å²) in [5.41, 5.74) is 0.328. The zero-order chi connectivity index (χ0) is 13.2. The van der Waals surface area contributed by atoms with Crippen molar-refractivity contribution in [3.05, 3.63) is 23.7 Å². The lowest BCUT2D eigenvalue weighted by molar-refractivity contribution is -0.139. The Bertz CT molecular complexity index is 433. The van der Waals surface area contributed by atoms with Crippen LogP contribution >= 0.6 is 12.6 Å². The van der Waals surface area contributed by atoms with Crippen molar-refractivity contribution in [1.29, 1.82) is 0 Å². The molecule has 1 aromatic rings. The number of aryl methyl sites for hydroxylation is 1. The molecule has 1 rings (SSSR count). The highest BCUT2D eigenvalue weighted by atomic mass is 32.1. The van der Waals surface area contributed by atoms with E-state index in [1.54, 1.807) is 20.8 Å². The first kappa shape index (κ1) is 13.6. The largest absolute Gasteiger partial charge is 0.480 e. The summed E-state index contributed by atoms with van der Waals surface area (Å²) in [5, 5.41) is 11.5. The van der Waals surface area contributed by atoms with Crippen molar-refractivity contribution < 1.29 is 19.1 Å². The Kier molecular flexibility index (Phi) is 3.87. The third-order valence-corrected chi connectivity index (χ3v) is 2.59. The average Bonchev–Trinajstić information content (AvgIpc) is 2.58. The molecule has 5 nitrogen and oxygen atoms in total. The van der Waals surface area contributed by atoms with Gasteiger partial charge in [-0.05, 0) is 26.8 Å². The van der Waals surface area contributed by atoms with Gasteiger partial charge >= 0.3 is 5.97 Å². The van der Waals surface area contributed by atoms with Crippen LogP contribution in [0.2, 0.25) is 0 Å². The van der Waals surface area contributed by atoms with Crippen LogP contribution in [0.3, 0.4) is 0 Å². The van der Waals surface area contributed by atoms with Crippen molar-refractivity contribution in [3.8, 4) is 0 Å². The normalized spacial score (nSPS) is 13.2. The molecule has 0 radical (unpaired) electrons. The van der Waals surface area contributed by atoms with E-state index < -0.39 is 22.7 Å². The molecular weight excluding hydrogens is 242 g/mol. The van der Waals surface area contributed by atoms with E-state index in [0.29, 0.717) is 11.3 Å². The molecule has 0 aliphatic carbocycles. The van der Waals surface area contributed by atoms with Gasteiger partial charge in [-0.15, -0.1) is 0 Å². The summed E-state index contributed by atoms with van der Waals surface area (Å²) >= 11 is 4.17. The maximum absolute atomic E-state index is 11.8. The summed E-state index contributed by atoms with van der Waals surface area (Å²) in [7, 11) is 0. The van der Waals surface area contributed by atoms with Gasteiger partial charge in [0.05, 0.1) is 11.8 Å². The van der Waals surface area contributed by atoms with Gasteiger partial charge in [-0.2, -0.15) is 12.6 Å². The van der Waals surface area contributed by atoms with Crippen molar-refractivity contribution in [2.75, 3.05) is 0 Å². The lowest BCUT2D eigenvalue weighted by Crippen LogP contribution is -2.51. The van der Waals surface area contributed by atoms with Crippen molar-refractivity contribution in [3.63, 3.8) is 0 Å². The second-order valence-electron chi connectivity index (χ2n) is 4.29. The van der Waals surface area contributed by atoms with Crippen LogP contribution in [0, 0.1) is 6.92 Å². The topological polar surface area (TPSA) is 79.5 Å². The predicted molar refractivity (Wildman–Crippen MR) is 65.4 cm³/mol. The Balaban J connectivity index is 2.86. The minimum Gasteiger partial charge on any atom is -0.480 e. The van der Waals surface area contributed by atoms with E-state index in [1.807, 2.05) is 0 Å². The molecule has 94 valence electrons. The van der Waals surface area contributed by atoms with E-state index in [0.717, 1.165) is 0 Å². The average molecular weight is 257 g/mol. The van der Waals surface area contributed by atoms with Crippen LogP contribution in [0.1, 0.15) is 30.0 Å². The minimum absolute atomic E-state index is 0.328. The zero-order valence-electron chi connectivity index (χ0n) is 9.85. The third kappa shape index (κ3) is 3.26. The van der Waals surface area contributed by atoms with E-state index in [9.17, 15) is 9.59 Å². The Labute approximate surface area is 105 Å². The first-order valence-corrected chi connectivity index (χ1v) is 5.48. The maximum atomic E-state index is 11.8. The van der Waals surface area contributed by atoms with Gasteiger partial charge in [0.15, 0.2) is 0 Å². The Morgan fingerprint density at radius 2 is 2.12 bits per heavy atom. The second kappa shape index (κ2) is 4.83. The van der Waals surface area contributed by atoms with Gasteiger partial charge in [0.25, 0.3) is 5.91 Å². The molecule has 0 fully saturated rings. The summed E-state index contributed by atoms with van der Waals surface area (Å²) in [5.74, 6) is -1.16. The number of aliphatic carboxylic acids is 1. The molecule has 0 spiro atoms. The molecule has 0 bridgehead atoms. The first-order chi connectivity index (χ1) is 7.73. The fourth-order valence-electron chi connectivity index (χ4n) is 1.37. The highest BCUT2D eigenvalue weighted by Crippen LogP contribution is 2.19. The highest BCUT2D eigenvalue weighted by Gasteiger charge is 2.34. The van der Waals surface area contributed by atoms with Crippen molar-refractivity contribution in [2.24, 2.45) is 0 Å². The smallest absolute Gasteiger partial charge is 0.327 e. The van der Waals surface area contributed by atoms with Crippen molar-refractivity contribution in [1.82, 2.24) is 5.32 Å². The van der Waals surface area contributed by atoms with Gasteiger partial charge in [0.2, 0.25) is 0 Å². The molecule has 1 heterocycles. The fraction of sp³-hybridized carbons (Fsp3) is 0.455. The quantitative estimate of drug-likeness (QED) is 0.714. The van der Waals surface area contributed by atoms with Gasteiger partial charge < -0.3 is 14.8 Å². The lowest BCUT2D eigenvalue weighted by Gasteiger charge is -2.26. The third-order valence-electron chi connectivity index (χ3n) is 2.33. The molecule has 0 aromatic carbocycles. The molecule has 1 atom stereocenters. The van der Waals surface area contributed by atoms with Crippen LogP contribution in [0.5, 0.6) is 0 Å². The van der Waals surface area contributed by atoms with Crippen LogP contribution in [-0.4, -0.2) is 27.8 Å². The number of rotatable bonds is 4.